The number of rotatable bonds is 40. The lowest BCUT2D eigenvalue weighted by Crippen LogP contribution is -2.29. The van der Waals surface area contributed by atoms with E-state index < -0.39 is 32.5 Å². The number of hydrogen-bond acceptors (Lipinski definition) is 6. The van der Waals surface area contributed by atoms with E-state index in [4.69, 9.17) is 19.3 Å². The van der Waals surface area contributed by atoms with Gasteiger partial charge in [-0.25, -0.2) is 4.57 Å². The maximum Gasteiger partial charge on any atom is 0.469 e. The zero-order valence-electron chi connectivity index (χ0n) is 34.2. The van der Waals surface area contributed by atoms with E-state index in [0.717, 1.165) is 51.4 Å². The van der Waals surface area contributed by atoms with Crippen molar-refractivity contribution in [1.29, 1.82) is 0 Å². The third kappa shape index (κ3) is 42.9. The minimum absolute atomic E-state index is 0.207. The Morgan fingerprint density at radius 3 is 1.30 bits per heavy atom. The van der Waals surface area contributed by atoms with Gasteiger partial charge in [0, 0.05) is 12.8 Å². The first kappa shape index (κ1) is 51.3. The van der Waals surface area contributed by atoms with Crippen LogP contribution in [0.25, 0.3) is 0 Å². The molecule has 0 aliphatic heterocycles. The van der Waals surface area contributed by atoms with Crippen LogP contribution >= 0.6 is 7.82 Å². The van der Waals surface area contributed by atoms with Crippen molar-refractivity contribution in [3.8, 4) is 0 Å². The summed E-state index contributed by atoms with van der Waals surface area (Å²) in [5.41, 5.74) is 0. The molecule has 0 amide bonds. The van der Waals surface area contributed by atoms with Gasteiger partial charge in [-0.1, -0.05) is 185 Å². The average Bonchev–Trinajstić information content (AvgIpc) is 3.13. The van der Waals surface area contributed by atoms with Crippen molar-refractivity contribution in [2.75, 3.05) is 13.2 Å². The molecule has 0 rings (SSSR count). The van der Waals surface area contributed by atoms with Gasteiger partial charge in [0.25, 0.3) is 0 Å². The predicted molar refractivity (Wildman–Crippen MR) is 221 cm³/mol. The zero-order chi connectivity index (χ0) is 38.9. The molecule has 0 unspecified atom stereocenters. The Labute approximate surface area is 325 Å². The number of ether oxygens (including phenoxy) is 2. The SMILES string of the molecule is CCCCC/C=C/C/C=C/C/C=C/CCCCC(=O)OC[C@H](COP(=O)(O)O)OC(=O)CCCCCCCCCCCCCCCCCCCCCC. The van der Waals surface area contributed by atoms with Gasteiger partial charge >= 0.3 is 19.8 Å². The number of phosphoric acid groups is 1. The largest absolute Gasteiger partial charge is 0.469 e. The summed E-state index contributed by atoms with van der Waals surface area (Å²) in [7, 11) is -4.76. The Hall–Kier alpha value is -1.73. The van der Waals surface area contributed by atoms with Gasteiger partial charge in [-0.05, 0) is 51.4 Å². The Bertz CT molecular complexity index is 957. The predicted octanol–water partition coefficient (Wildman–Crippen LogP) is 13.4. The number of unbranched alkanes of at least 4 members (excludes halogenated alkanes) is 24. The van der Waals surface area contributed by atoms with Crippen LogP contribution in [-0.2, 0) is 28.2 Å². The maximum absolute atomic E-state index is 12.4. The van der Waals surface area contributed by atoms with Gasteiger partial charge < -0.3 is 19.3 Å². The molecule has 8 nitrogen and oxygen atoms in total. The summed E-state index contributed by atoms with van der Waals surface area (Å²) in [4.78, 5) is 42.8. The van der Waals surface area contributed by atoms with E-state index in [9.17, 15) is 14.2 Å². The van der Waals surface area contributed by atoms with Gasteiger partial charge in [0.15, 0.2) is 6.10 Å². The number of hydrogen-bond donors (Lipinski definition) is 2. The molecular formula is C44H81O8P. The van der Waals surface area contributed by atoms with Gasteiger partial charge in [-0.2, -0.15) is 0 Å². The molecule has 0 saturated heterocycles. The highest BCUT2D eigenvalue weighted by Crippen LogP contribution is 2.36. The topological polar surface area (TPSA) is 119 Å². The summed E-state index contributed by atoms with van der Waals surface area (Å²) >= 11 is 0. The van der Waals surface area contributed by atoms with Crippen LogP contribution in [0.1, 0.15) is 213 Å². The summed E-state index contributed by atoms with van der Waals surface area (Å²) in [6.07, 6.45) is 47.3. The molecule has 53 heavy (non-hydrogen) atoms. The van der Waals surface area contributed by atoms with Gasteiger partial charge in [0.2, 0.25) is 0 Å². The van der Waals surface area contributed by atoms with E-state index >= 15 is 0 Å². The van der Waals surface area contributed by atoms with Crippen molar-refractivity contribution in [3.05, 3.63) is 36.5 Å². The van der Waals surface area contributed by atoms with Crippen molar-refractivity contribution in [1.82, 2.24) is 0 Å². The van der Waals surface area contributed by atoms with E-state index in [1.165, 1.54) is 122 Å². The summed E-state index contributed by atoms with van der Waals surface area (Å²) in [5.74, 6) is -0.922. The monoisotopic (exact) mass is 769 g/mol. The number of esters is 2. The zero-order valence-corrected chi connectivity index (χ0v) is 35.1. The van der Waals surface area contributed by atoms with Gasteiger partial charge in [-0.3, -0.25) is 14.1 Å². The fourth-order valence-electron chi connectivity index (χ4n) is 6.15. The number of carbonyl (C=O) groups excluding carboxylic acids is 2. The second-order valence-corrected chi connectivity index (χ2v) is 15.9. The number of phosphoric ester groups is 1. The summed E-state index contributed by atoms with van der Waals surface area (Å²) in [5, 5.41) is 0. The number of allylic oxidation sites excluding steroid dienone is 6. The van der Waals surface area contributed by atoms with Crippen molar-refractivity contribution >= 4 is 19.8 Å². The van der Waals surface area contributed by atoms with Crippen molar-refractivity contribution < 1.29 is 37.9 Å². The lowest BCUT2D eigenvalue weighted by molar-refractivity contribution is -0.161. The Balaban J connectivity index is 3.91. The molecule has 0 radical (unpaired) electrons. The van der Waals surface area contributed by atoms with Crippen LogP contribution in [0.2, 0.25) is 0 Å². The molecule has 9 heteroatoms. The lowest BCUT2D eigenvalue weighted by Gasteiger charge is -2.18. The quantitative estimate of drug-likeness (QED) is 0.0274. The first-order valence-electron chi connectivity index (χ1n) is 21.8. The van der Waals surface area contributed by atoms with Gasteiger partial charge in [0.1, 0.15) is 6.61 Å². The molecule has 310 valence electrons. The maximum atomic E-state index is 12.4. The molecule has 0 bridgehead atoms. The van der Waals surface area contributed by atoms with E-state index in [1.54, 1.807) is 0 Å². The van der Waals surface area contributed by atoms with Crippen LogP contribution in [0.15, 0.2) is 36.5 Å². The normalized spacial score (nSPS) is 12.8. The Morgan fingerprint density at radius 1 is 0.491 bits per heavy atom. The highest BCUT2D eigenvalue weighted by atomic mass is 31.2. The van der Waals surface area contributed by atoms with E-state index in [2.05, 4.69) is 54.8 Å². The van der Waals surface area contributed by atoms with Crippen LogP contribution in [0.4, 0.5) is 0 Å². The first-order valence-corrected chi connectivity index (χ1v) is 23.3. The van der Waals surface area contributed by atoms with Crippen LogP contribution in [0.5, 0.6) is 0 Å². The minimum atomic E-state index is -4.76. The molecule has 0 aromatic rings. The molecule has 0 spiro atoms. The molecule has 0 aromatic heterocycles. The Morgan fingerprint density at radius 2 is 0.849 bits per heavy atom. The molecule has 0 aliphatic rings. The summed E-state index contributed by atoms with van der Waals surface area (Å²) in [6, 6.07) is 0. The van der Waals surface area contributed by atoms with Crippen LogP contribution < -0.4 is 0 Å². The lowest BCUT2D eigenvalue weighted by atomic mass is 10.0. The molecule has 0 fully saturated rings. The second kappa shape index (κ2) is 39.9. The van der Waals surface area contributed by atoms with Gasteiger partial charge in [0.05, 0.1) is 6.61 Å². The fourth-order valence-corrected chi connectivity index (χ4v) is 6.51. The molecular weight excluding hydrogens is 687 g/mol. The van der Waals surface area contributed by atoms with E-state index in [1.807, 2.05) is 0 Å². The molecule has 0 saturated carbocycles. The van der Waals surface area contributed by atoms with Crippen LogP contribution in [0, 0.1) is 0 Å². The molecule has 0 aromatic carbocycles. The molecule has 0 heterocycles. The van der Waals surface area contributed by atoms with Crippen LogP contribution in [-0.4, -0.2) is 41.0 Å². The fraction of sp³-hybridized carbons (Fsp3) is 0.818. The Kier molecular flexibility index (Phi) is 38.6. The van der Waals surface area contributed by atoms with Crippen molar-refractivity contribution in [2.45, 2.75) is 219 Å². The van der Waals surface area contributed by atoms with E-state index in [-0.39, 0.29) is 19.4 Å². The van der Waals surface area contributed by atoms with Gasteiger partial charge in [-0.15, -0.1) is 0 Å². The smallest absolute Gasteiger partial charge is 0.462 e. The van der Waals surface area contributed by atoms with E-state index in [0.29, 0.717) is 12.8 Å². The van der Waals surface area contributed by atoms with Crippen molar-refractivity contribution in [3.63, 3.8) is 0 Å². The third-order valence-corrected chi connectivity index (χ3v) is 9.90. The second-order valence-electron chi connectivity index (χ2n) is 14.7. The standard InChI is InChI=1S/C44H81O8P/c1-3-5-7-9-11-13-15-17-19-20-21-22-23-25-27-29-31-33-35-37-39-44(46)52-42(41-51-53(47,48)49)40-50-43(45)38-36-34-32-30-28-26-24-18-16-14-12-10-8-6-4-2/h12,14,18,24,28,30,42H,3-11,13,15-17,19-23,25-27,29,31-41H2,1-2H3,(H2,47,48,49)/b14-12+,24-18+,30-28+/t42-/m1/s1. The molecule has 0 aliphatic carbocycles. The third-order valence-electron chi connectivity index (χ3n) is 9.41. The highest BCUT2D eigenvalue weighted by Gasteiger charge is 2.22. The minimum Gasteiger partial charge on any atom is -0.462 e. The summed E-state index contributed by atoms with van der Waals surface area (Å²) in [6.45, 7) is 3.64. The molecule has 1 atom stereocenters. The van der Waals surface area contributed by atoms with Crippen molar-refractivity contribution in [2.24, 2.45) is 0 Å². The highest BCUT2D eigenvalue weighted by molar-refractivity contribution is 7.46. The molecule has 2 N–H and O–H groups in total. The average molecular weight is 769 g/mol. The van der Waals surface area contributed by atoms with Crippen LogP contribution in [0.3, 0.4) is 0 Å². The number of carbonyl (C=O) groups is 2. The summed E-state index contributed by atoms with van der Waals surface area (Å²) < 4.78 is 26.4. The first-order chi connectivity index (χ1) is 25.8.